The lowest BCUT2D eigenvalue weighted by atomic mass is 10.5. The molecule has 3 rings (SSSR count). The third-order valence-electron chi connectivity index (χ3n) is 2.53. The second-order valence-electron chi connectivity index (χ2n) is 4.22. The molecular weight excluding hydrogens is 406 g/mol. The van der Waals surface area contributed by atoms with Gasteiger partial charge in [-0.3, -0.25) is 4.79 Å². The normalized spacial score (nSPS) is 11.1. The SMILES string of the molecule is NC(=O)CSc1nnc(SCc2cn3cc(Br)ccc3n2)s1. The number of rotatable bonds is 6. The van der Waals surface area contributed by atoms with E-state index in [2.05, 4.69) is 31.1 Å². The van der Waals surface area contributed by atoms with Gasteiger partial charge in [0.05, 0.1) is 11.4 Å². The smallest absolute Gasteiger partial charge is 0.227 e. The summed E-state index contributed by atoms with van der Waals surface area (Å²) in [5.41, 5.74) is 6.99. The Morgan fingerprint density at radius 3 is 2.82 bits per heavy atom. The van der Waals surface area contributed by atoms with Gasteiger partial charge in [0.2, 0.25) is 5.91 Å². The number of primary amides is 1. The molecule has 0 unspecified atom stereocenters. The monoisotopic (exact) mass is 415 g/mol. The maximum absolute atomic E-state index is 10.7. The van der Waals surface area contributed by atoms with Crippen molar-refractivity contribution in [3.05, 3.63) is 34.7 Å². The molecule has 0 fully saturated rings. The number of thioether (sulfide) groups is 2. The van der Waals surface area contributed by atoms with Crippen LogP contribution in [0.25, 0.3) is 5.65 Å². The average Bonchev–Trinajstić information content (AvgIpc) is 3.08. The molecular formula is C12H10BrN5OS3. The fourth-order valence-electron chi connectivity index (χ4n) is 1.67. The van der Waals surface area contributed by atoms with Crippen LogP contribution in [0.3, 0.4) is 0 Å². The number of halogens is 1. The first kappa shape index (κ1) is 15.8. The first-order chi connectivity index (χ1) is 10.6. The molecule has 1 amide bonds. The van der Waals surface area contributed by atoms with Crippen molar-refractivity contribution < 1.29 is 4.79 Å². The molecule has 2 N–H and O–H groups in total. The molecule has 0 aliphatic carbocycles. The summed E-state index contributed by atoms with van der Waals surface area (Å²) in [5, 5.41) is 8.12. The Morgan fingerprint density at radius 2 is 2.05 bits per heavy atom. The molecule has 0 atom stereocenters. The zero-order valence-electron chi connectivity index (χ0n) is 11.1. The van der Waals surface area contributed by atoms with E-state index >= 15 is 0 Å². The van der Waals surface area contributed by atoms with Gasteiger partial charge in [-0.2, -0.15) is 0 Å². The highest BCUT2D eigenvalue weighted by Gasteiger charge is 2.09. The number of hydrogen-bond donors (Lipinski definition) is 1. The van der Waals surface area contributed by atoms with E-state index in [0.29, 0.717) is 5.75 Å². The quantitative estimate of drug-likeness (QED) is 0.622. The minimum atomic E-state index is -0.356. The van der Waals surface area contributed by atoms with Crippen molar-refractivity contribution in [2.45, 2.75) is 14.4 Å². The second kappa shape index (κ2) is 6.99. The third kappa shape index (κ3) is 4.00. The Labute approximate surface area is 147 Å². The highest BCUT2D eigenvalue weighted by Crippen LogP contribution is 2.30. The number of pyridine rings is 1. The van der Waals surface area contributed by atoms with Gasteiger partial charge < -0.3 is 10.1 Å². The Hall–Kier alpha value is -1.10. The van der Waals surface area contributed by atoms with Crippen LogP contribution >= 0.6 is 50.8 Å². The van der Waals surface area contributed by atoms with Crippen molar-refractivity contribution in [3.8, 4) is 0 Å². The van der Waals surface area contributed by atoms with Gasteiger partial charge in [0, 0.05) is 22.6 Å². The molecule has 3 heterocycles. The minimum Gasteiger partial charge on any atom is -0.369 e. The van der Waals surface area contributed by atoms with Gasteiger partial charge in [0.25, 0.3) is 0 Å². The molecule has 0 aromatic carbocycles. The Balaban J connectivity index is 1.62. The molecule has 3 aromatic rings. The van der Waals surface area contributed by atoms with Gasteiger partial charge in [-0.15, -0.1) is 10.2 Å². The average molecular weight is 416 g/mol. The van der Waals surface area contributed by atoms with Crippen LogP contribution in [-0.4, -0.2) is 31.2 Å². The topological polar surface area (TPSA) is 86.2 Å². The standard InChI is InChI=1S/C12H10BrN5OS3/c13-7-1-2-10-15-8(4-18(10)3-7)5-20-11-16-17-12(22-11)21-6-9(14)19/h1-4H,5-6H2,(H2,14,19). The summed E-state index contributed by atoms with van der Waals surface area (Å²) in [5.74, 6) is 0.583. The minimum absolute atomic E-state index is 0.223. The van der Waals surface area contributed by atoms with Gasteiger partial charge >= 0.3 is 0 Å². The van der Waals surface area contributed by atoms with Gasteiger partial charge in [-0.05, 0) is 28.1 Å². The van der Waals surface area contributed by atoms with Crippen molar-refractivity contribution in [3.63, 3.8) is 0 Å². The summed E-state index contributed by atoms with van der Waals surface area (Å²) in [6.45, 7) is 0. The summed E-state index contributed by atoms with van der Waals surface area (Å²) < 4.78 is 4.59. The molecule has 0 saturated heterocycles. The van der Waals surface area contributed by atoms with E-state index in [-0.39, 0.29) is 11.7 Å². The maximum atomic E-state index is 10.7. The fourth-order valence-corrected chi connectivity index (χ4v) is 4.66. The van der Waals surface area contributed by atoms with Crippen molar-refractivity contribution in [2.24, 2.45) is 5.73 Å². The Bertz CT molecular complexity index is 818. The number of imidazole rings is 1. The van der Waals surface area contributed by atoms with Crippen molar-refractivity contribution in [2.75, 3.05) is 5.75 Å². The second-order valence-corrected chi connectivity index (χ2v) is 8.56. The molecule has 0 bridgehead atoms. The first-order valence-corrected chi connectivity index (χ1v) is 9.69. The van der Waals surface area contributed by atoms with Gasteiger partial charge in [-0.1, -0.05) is 34.9 Å². The number of amides is 1. The van der Waals surface area contributed by atoms with E-state index in [1.807, 2.05) is 28.9 Å². The molecule has 22 heavy (non-hydrogen) atoms. The Morgan fingerprint density at radius 1 is 1.27 bits per heavy atom. The zero-order valence-corrected chi connectivity index (χ0v) is 15.1. The first-order valence-electron chi connectivity index (χ1n) is 6.11. The third-order valence-corrected chi connectivity index (χ3v) is 6.25. The lowest BCUT2D eigenvalue weighted by Crippen LogP contribution is -2.12. The van der Waals surface area contributed by atoms with Crippen molar-refractivity contribution in [1.82, 2.24) is 19.6 Å². The van der Waals surface area contributed by atoms with Crippen molar-refractivity contribution in [1.29, 1.82) is 0 Å². The lowest BCUT2D eigenvalue weighted by Gasteiger charge is -1.92. The molecule has 3 aromatic heterocycles. The number of carbonyl (C=O) groups excluding carboxylic acids is 1. The van der Waals surface area contributed by atoms with Crippen LogP contribution in [0.5, 0.6) is 0 Å². The van der Waals surface area contributed by atoms with E-state index < -0.39 is 0 Å². The van der Waals surface area contributed by atoms with E-state index in [0.717, 1.165) is 24.5 Å². The summed E-state index contributed by atoms with van der Waals surface area (Å²) >= 11 is 7.78. The molecule has 114 valence electrons. The number of aromatic nitrogens is 4. The number of hydrogen-bond acceptors (Lipinski definition) is 7. The highest BCUT2D eigenvalue weighted by atomic mass is 79.9. The number of nitrogens with two attached hydrogens (primary N) is 1. The summed E-state index contributed by atoms with van der Waals surface area (Å²) in [7, 11) is 0. The largest absolute Gasteiger partial charge is 0.369 e. The Kier molecular flexibility index (Phi) is 5.01. The number of fused-ring (bicyclic) bond motifs is 1. The van der Waals surface area contributed by atoms with Crippen LogP contribution in [0.1, 0.15) is 5.69 Å². The predicted molar refractivity (Wildman–Crippen MR) is 92.3 cm³/mol. The van der Waals surface area contributed by atoms with Crippen LogP contribution in [0.4, 0.5) is 0 Å². The molecule has 6 nitrogen and oxygen atoms in total. The predicted octanol–water partition coefficient (Wildman–Crippen LogP) is 2.82. The van der Waals surface area contributed by atoms with Gasteiger partial charge in [0.1, 0.15) is 5.65 Å². The number of carbonyl (C=O) groups is 1. The van der Waals surface area contributed by atoms with Crippen LogP contribution in [0, 0.1) is 0 Å². The molecule has 0 saturated carbocycles. The van der Waals surface area contributed by atoms with E-state index in [1.165, 1.54) is 23.1 Å². The highest BCUT2D eigenvalue weighted by molar-refractivity contribution is 9.10. The lowest BCUT2D eigenvalue weighted by molar-refractivity contribution is -0.115. The summed E-state index contributed by atoms with van der Waals surface area (Å²) in [6, 6.07) is 3.92. The van der Waals surface area contributed by atoms with Gasteiger partial charge in [0.15, 0.2) is 8.68 Å². The summed E-state index contributed by atoms with van der Waals surface area (Å²) in [6.07, 6.45) is 3.97. The molecule has 0 spiro atoms. The van der Waals surface area contributed by atoms with Crippen LogP contribution in [-0.2, 0) is 10.5 Å². The molecule has 0 radical (unpaired) electrons. The molecule has 10 heteroatoms. The summed E-state index contributed by atoms with van der Waals surface area (Å²) in [4.78, 5) is 15.3. The van der Waals surface area contributed by atoms with Gasteiger partial charge in [-0.25, -0.2) is 4.98 Å². The van der Waals surface area contributed by atoms with Crippen LogP contribution in [0.15, 0.2) is 37.7 Å². The zero-order chi connectivity index (χ0) is 15.5. The van der Waals surface area contributed by atoms with Crippen LogP contribution < -0.4 is 5.73 Å². The van der Waals surface area contributed by atoms with E-state index in [4.69, 9.17) is 5.73 Å². The van der Waals surface area contributed by atoms with Crippen molar-refractivity contribution >= 4 is 62.3 Å². The fraction of sp³-hybridized carbons (Fsp3) is 0.167. The number of nitrogens with zero attached hydrogens (tertiary/aromatic N) is 4. The molecule has 0 aliphatic rings. The van der Waals surface area contributed by atoms with Crippen LogP contribution in [0.2, 0.25) is 0 Å². The molecule has 0 aliphatic heterocycles. The van der Waals surface area contributed by atoms with E-state index in [1.54, 1.807) is 11.8 Å². The van der Waals surface area contributed by atoms with E-state index in [9.17, 15) is 4.79 Å². The maximum Gasteiger partial charge on any atom is 0.227 e.